The highest BCUT2D eigenvalue weighted by molar-refractivity contribution is 6.52. The van der Waals surface area contributed by atoms with Gasteiger partial charge < -0.3 is 0 Å². The van der Waals surface area contributed by atoms with Gasteiger partial charge in [-0.05, 0) is 26.0 Å². The van der Waals surface area contributed by atoms with Crippen molar-refractivity contribution in [2.24, 2.45) is 0 Å². The van der Waals surface area contributed by atoms with Gasteiger partial charge in [0.15, 0.2) is 0 Å². The standard InChI is InChI=1S/C19H14N2O2/c1-11-7-9-13(10-8-11)21-12(2)20-16-17(21)14-5-3-4-6-15(14)18(22)19(16)23/h3-10H,1-2H3. The number of nitrogens with zero attached hydrogens (tertiary/aromatic N) is 2. The second-order valence-electron chi connectivity index (χ2n) is 5.73. The molecule has 0 atom stereocenters. The lowest BCUT2D eigenvalue weighted by molar-refractivity contribution is 0.0812. The van der Waals surface area contributed by atoms with Crippen LogP contribution >= 0.6 is 0 Å². The summed E-state index contributed by atoms with van der Waals surface area (Å²) in [5, 5.41) is 0. The van der Waals surface area contributed by atoms with E-state index in [1.165, 1.54) is 0 Å². The van der Waals surface area contributed by atoms with E-state index in [1.54, 1.807) is 12.1 Å². The first-order valence-corrected chi connectivity index (χ1v) is 7.42. The molecule has 1 heterocycles. The number of ketones is 2. The van der Waals surface area contributed by atoms with Crippen molar-refractivity contribution in [3.8, 4) is 16.9 Å². The van der Waals surface area contributed by atoms with Crippen molar-refractivity contribution in [3.05, 3.63) is 71.2 Å². The monoisotopic (exact) mass is 302 g/mol. The summed E-state index contributed by atoms with van der Waals surface area (Å²) >= 11 is 0. The number of fused-ring (bicyclic) bond motifs is 3. The molecule has 0 saturated heterocycles. The summed E-state index contributed by atoms with van der Waals surface area (Å²) in [6, 6.07) is 15.2. The molecule has 4 rings (SSSR count). The molecule has 0 N–H and O–H groups in total. The lowest BCUT2D eigenvalue weighted by Crippen LogP contribution is -2.22. The third kappa shape index (κ3) is 1.88. The largest absolute Gasteiger partial charge is 0.296 e. The summed E-state index contributed by atoms with van der Waals surface area (Å²) in [6.07, 6.45) is 0. The maximum absolute atomic E-state index is 12.4. The molecule has 4 nitrogen and oxygen atoms in total. The van der Waals surface area contributed by atoms with E-state index in [0.717, 1.165) is 16.8 Å². The predicted molar refractivity (Wildman–Crippen MR) is 87.1 cm³/mol. The van der Waals surface area contributed by atoms with Crippen molar-refractivity contribution >= 4 is 11.6 Å². The number of aromatic nitrogens is 2. The number of Topliss-reactive ketones (excluding diaryl/α,β-unsaturated/α-hetero) is 2. The highest BCUT2D eigenvalue weighted by Crippen LogP contribution is 2.35. The lowest BCUT2D eigenvalue weighted by atomic mass is 9.90. The van der Waals surface area contributed by atoms with Gasteiger partial charge in [0.1, 0.15) is 11.5 Å². The molecule has 0 radical (unpaired) electrons. The predicted octanol–water partition coefficient (Wildman–Crippen LogP) is 3.54. The van der Waals surface area contributed by atoms with Crippen LogP contribution in [-0.4, -0.2) is 21.1 Å². The number of carbonyl (C=O) groups is 2. The van der Waals surface area contributed by atoms with Crippen molar-refractivity contribution < 1.29 is 9.59 Å². The van der Waals surface area contributed by atoms with Crippen LogP contribution in [0.4, 0.5) is 0 Å². The van der Waals surface area contributed by atoms with E-state index in [4.69, 9.17) is 0 Å². The van der Waals surface area contributed by atoms with Crippen LogP contribution in [0.5, 0.6) is 0 Å². The fraction of sp³-hybridized carbons (Fsp3) is 0.105. The minimum absolute atomic E-state index is 0.242. The Kier molecular flexibility index (Phi) is 2.81. The molecule has 23 heavy (non-hydrogen) atoms. The first kappa shape index (κ1) is 13.6. The summed E-state index contributed by atoms with van der Waals surface area (Å²) in [7, 11) is 0. The molecule has 0 fully saturated rings. The number of aryl methyl sites for hydroxylation is 2. The third-order valence-corrected chi connectivity index (χ3v) is 4.19. The SMILES string of the molecule is Cc1ccc(-n2c(C)nc3c2-c2ccccc2C(=O)C3=O)cc1. The van der Waals surface area contributed by atoms with Gasteiger partial charge in [0.25, 0.3) is 5.78 Å². The van der Waals surface area contributed by atoms with Gasteiger partial charge in [-0.2, -0.15) is 0 Å². The molecule has 0 amide bonds. The van der Waals surface area contributed by atoms with E-state index in [-0.39, 0.29) is 5.69 Å². The van der Waals surface area contributed by atoms with Gasteiger partial charge in [0, 0.05) is 16.8 Å². The van der Waals surface area contributed by atoms with E-state index in [2.05, 4.69) is 4.98 Å². The van der Waals surface area contributed by atoms with Crippen molar-refractivity contribution in [1.29, 1.82) is 0 Å². The Balaban J connectivity index is 2.07. The number of hydrogen-bond donors (Lipinski definition) is 0. The van der Waals surface area contributed by atoms with Crippen LogP contribution in [0, 0.1) is 13.8 Å². The highest BCUT2D eigenvalue weighted by atomic mass is 16.2. The van der Waals surface area contributed by atoms with Gasteiger partial charge in [-0.1, -0.05) is 42.0 Å². The zero-order valence-electron chi connectivity index (χ0n) is 12.8. The first-order chi connectivity index (χ1) is 11.1. The third-order valence-electron chi connectivity index (χ3n) is 4.19. The van der Waals surface area contributed by atoms with Gasteiger partial charge in [-0.3, -0.25) is 14.2 Å². The molecule has 1 aromatic heterocycles. The average Bonchev–Trinajstić information content (AvgIpc) is 2.91. The van der Waals surface area contributed by atoms with E-state index in [1.807, 2.05) is 54.8 Å². The summed E-state index contributed by atoms with van der Waals surface area (Å²) < 4.78 is 1.94. The number of carbonyl (C=O) groups excluding carboxylic acids is 2. The molecule has 112 valence electrons. The van der Waals surface area contributed by atoms with Crippen LogP contribution in [-0.2, 0) is 0 Å². The highest BCUT2D eigenvalue weighted by Gasteiger charge is 2.35. The number of hydrogen-bond acceptors (Lipinski definition) is 3. The van der Waals surface area contributed by atoms with Crippen LogP contribution in [0.25, 0.3) is 16.9 Å². The average molecular weight is 302 g/mol. The van der Waals surface area contributed by atoms with Crippen molar-refractivity contribution in [3.63, 3.8) is 0 Å². The summed E-state index contributed by atoms with van der Waals surface area (Å²) in [6.45, 7) is 3.87. The summed E-state index contributed by atoms with van der Waals surface area (Å²) in [5.74, 6) is -0.328. The minimum atomic E-state index is -0.535. The Bertz CT molecular complexity index is 966. The smallest absolute Gasteiger partial charge is 0.254 e. The molecular formula is C19H14N2O2. The van der Waals surface area contributed by atoms with Crippen molar-refractivity contribution in [1.82, 2.24) is 9.55 Å². The molecule has 1 aliphatic carbocycles. The molecule has 0 aliphatic heterocycles. The minimum Gasteiger partial charge on any atom is -0.296 e. The molecule has 0 saturated carbocycles. The van der Waals surface area contributed by atoms with Gasteiger partial charge in [0.2, 0.25) is 5.78 Å². The molecule has 1 aliphatic rings. The van der Waals surface area contributed by atoms with Crippen LogP contribution < -0.4 is 0 Å². The maximum Gasteiger partial charge on any atom is 0.254 e. The lowest BCUT2D eigenvalue weighted by Gasteiger charge is -2.17. The van der Waals surface area contributed by atoms with Gasteiger partial charge in [-0.15, -0.1) is 0 Å². The molecular weight excluding hydrogens is 288 g/mol. The molecule has 4 heteroatoms. The Morgan fingerprint density at radius 2 is 1.48 bits per heavy atom. The molecule has 0 bridgehead atoms. The Morgan fingerprint density at radius 3 is 2.17 bits per heavy atom. The molecule has 0 unspecified atom stereocenters. The molecule has 3 aromatic rings. The van der Waals surface area contributed by atoms with Crippen LogP contribution in [0.1, 0.15) is 32.2 Å². The zero-order chi connectivity index (χ0) is 16.1. The quantitative estimate of drug-likeness (QED) is 0.646. The number of imidazole rings is 1. The van der Waals surface area contributed by atoms with E-state index < -0.39 is 11.6 Å². The topological polar surface area (TPSA) is 52.0 Å². The second-order valence-corrected chi connectivity index (χ2v) is 5.73. The first-order valence-electron chi connectivity index (χ1n) is 7.42. The fourth-order valence-corrected chi connectivity index (χ4v) is 3.07. The Morgan fingerprint density at radius 1 is 0.826 bits per heavy atom. The Labute approximate surface area is 133 Å². The van der Waals surface area contributed by atoms with E-state index in [0.29, 0.717) is 17.1 Å². The van der Waals surface area contributed by atoms with E-state index in [9.17, 15) is 9.59 Å². The van der Waals surface area contributed by atoms with Crippen molar-refractivity contribution in [2.45, 2.75) is 13.8 Å². The zero-order valence-corrected chi connectivity index (χ0v) is 12.8. The van der Waals surface area contributed by atoms with Gasteiger partial charge in [0.05, 0.1) is 5.69 Å². The summed E-state index contributed by atoms with van der Waals surface area (Å²) in [5.41, 5.74) is 4.23. The molecule has 0 spiro atoms. The summed E-state index contributed by atoms with van der Waals surface area (Å²) in [4.78, 5) is 29.1. The van der Waals surface area contributed by atoms with Crippen LogP contribution in [0.3, 0.4) is 0 Å². The second kappa shape index (κ2) is 4.74. The normalized spacial score (nSPS) is 13.0. The van der Waals surface area contributed by atoms with Crippen LogP contribution in [0.2, 0.25) is 0 Å². The van der Waals surface area contributed by atoms with Crippen LogP contribution in [0.15, 0.2) is 48.5 Å². The number of benzene rings is 2. The Hall–Kier alpha value is -3.01. The van der Waals surface area contributed by atoms with Gasteiger partial charge in [-0.25, -0.2) is 4.98 Å². The fourth-order valence-electron chi connectivity index (χ4n) is 3.07. The van der Waals surface area contributed by atoms with E-state index >= 15 is 0 Å². The maximum atomic E-state index is 12.4. The molecule has 2 aromatic carbocycles. The number of rotatable bonds is 1. The van der Waals surface area contributed by atoms with Crippen molar-refractivity contribution in [2.75, 3.05) is 0 Å². The van der Waals surface area contributed by atoms with Gasteiger partial charge >= 0.3 is 0 Å².